The Morgan fingerprint density at radius 1 is 1.37 bits per heavy atom. The van der Waals surface area contributed by atoms with Gasteiger partial charge < -0.3 is 9.73 Å². The van der Waals surface area contributed by atoms with Gasteiger partial charge in [0.1, 0.15) is 0 Å². The van der Waals surface area contributed by atoms with Crippen LogP contribution in [0.1, 0.15) is 5.56 Å². The van der Waals surface area contributed by atoms with E-state index in [1.54, 1.807) is 29.7 Å². The monoisotopic (exact) mass is 291 g/mol. The third-order valence-corrected chi connectivity index (χ3v) is 3.93. The largest absolute Gasteiger partial charge is 0.462 e. The number of rotatable bonds is 4. The Bertz CT molecular complexity index is 659. The standard InChI is InChI=1S/C12H9N3O2S2/c16-10(6-8-3-5-18-7-8)13-12-15-14-11(19-12)9-2-1-4-17-9/h1-5,7H,6H2,(H,13,15,16). The maximum absolute atomic E-state index is 11.8. The predicted molar refractivity (Wildman–Crippen MR) is 74.3 cm³/mol. The summed E-state index contributed by atoms with van der Waals surface area (Å²) >= 11 is 2.86. The smallest absolute Gasteiger partial charge is 0.230 e. The van der Waals surface area contributed by atoms with Gasteiger partial charge in [-0.1, -0.05) is 11.3 Å². The zero-order valence-electron chi connectivity index (χ0n) is 9.70. The van der Waals surface area contributed by atoms with E-state index in [-0.39, 0.29) is 5.91 Å². The Morgan fingerprint density at radius 2 is 2.32 bits per heavy atom. The lowest BCUT2D eigenvalue weighted by Crippen LogP contribution is -2.13. The zero-order valence-corrected chi connectivity index (χ0v) is 11.3. The lowest BCUT2D eigenvalue weighted by molar-refractivity contribution is -0.115. The summed E-state index contributed by atoms with van der Waals surface area (Å²) in [5.74, 6) is 0.552. The van der Waals surface area contributed by atoms with Crippen LogP contribution >= 0.6 is 22.7 Å². The summed E-state index contributed by atoms with van der Waals surface area (Å²) in [6, 6.07) is 5.52. The molecule has 1 N–H and O–H groups in total. The molecule has 3 aromatic heterocycles. The molecule has 0 aromatic carbocycles. The van der Waals surface area contributed by atoms with Crippen LogP contribution in [0.2, 0.25) is 0 Å². The van der Waals surface area contributed by atoms with E-state index >= 15 is 0 Å². The number of amides is 1. The maximum atomic E-state index is 11.8. The topological polar surface area (TPSA) is 68.0 Å². The van der Waals surface area contributed by atoms with Crippen LogP contribution in [0.3, 0.4) is 0 Å². The summed E-state index contributed by atoms with van der Waals surface area (Å²) in [4.78, 5) is 11.8. The highest BCUT2D eigenvalue weighted by Crippen LogP contribution is 2.26. The van der Waals surface area contributed by atoms with Crippen molar-refractivity contribution in [3.63, 3.8) is 0 Å². The molecule has 0 atom stereocenters. The third-order valence-electron chi connectivity index (χ3n) is 2.35. The van der Waals surface area contributed by atoms with E-state index in [9.17, 15) is 4.79 Å². The number of nitrogens with one attached hydrogen (secondary N) is 1. The van der Waals surface area contributed by atoms with Crippen molar-refractivity contribution in [3.05, 3.63) is 40.8 Å². The number of nitrogens with zero attached hydrogens (tertiary/aromatic N) is 2. The second-order valence-electron chi connectivity index (χ2n) is 3.75. The fourth-order valence-corrected chi connectivity index (χ4v) is 2.91. The molecule has 96 valence electrons. The number of carbonyl (C=O) groups excluding carboxylic acids is 1. The second kappa shape index (κ2) is 5.33. The molecule has 3 heterocycles. The van der Waals surface area contributed by atoms with E-state index in [1.807, 2.05) is 16.8 Å². The lowest BCUT2D eigenvalue weighted by atomic mass is 10.2. The predicted octanol–water partition coefficient (Wildman–Crippen LogP) is 3.04. The molecule has 0 saturated heterocycles. The van der Waals surface area contributed by atoms with E-state index in [1.165, 1.54) is 11.3 Å². The molecule has 0 aliphatic rings. The zero-order chi connectivity index (χ0) is 13.1. The van der Waals surface area contributed by atoms with Gasteiger partial charge >= 0.3 is 0 Å². The molecule has 5 nitrogen and oxygen atoms in total. The highest BCUT2D eigenvalue weighted by molar-refractivity contribution is 7.18. The number of aromatic nitrogens is 2. The van der Waals surface area contributed by atoms with E-state index in [0.717, 1.165) is 5.56 Å². The van der Waals surface area contributed by atoms with Crippen molar-refractivity contribution in [2.24, 2.45) is 0 Å². The normalized spacial score (nSPS) is 10.5. The van der Waals surface area contributed by atoms with Crippen molar-refractivity contribution in [3.8, 4) is 10.8 Å². The summed E-state index contributed by atoms with van der Waals surface area (Å²) < 4.78 is 5.22. The van der Waals surface area contributed by atoms with Crippen molar-refractivity contribution in [1.29, 1.82) is 0 Å². The van der Waals surface area contributed by atoms with Crippen LogP contribution in [0.25, 0.3) is 10.8 Å². The molecule has 3 aromatic rings. The van der Waals surface area contributed by atoms with Crippen molar-refractivity contribution >= 4 is 33.7 Å². The summed E-state index contributed by atoms with van der Waals surface area (Å²) in [5.41, 5.74) is 0.998. The molecule has 0 fully saturated rings. The van der Waals surface area contributed by atoms with Gasteiger partial charge in [0.15, 0.2) is 10.8 Å². The molecular formula is C12H9N3O2S2. The minimum absolute atomic E-state index is 0.0967. The second-order valence-corrected chi connectivity index (χ2v) is 5.50. The van der Waals surface area contributed by atoms with Crippen molar-refractivity contribution in [2.75, 3.05) is 5.32 Å². The molecule has 0 radical (unpaired) electrons. The average Bonchev–Trinajstić information content (AvgIpc) is 3.09. The van der Waals surface area contributed by atoms with Crippen LogP contribution < -0.4 is 5.32 Å². The number of furan rings is 1. The molecule has 0 unspecified atom stereocenters. The van der Waals surface area contributed by atoms with Crippen molar-refractivity contribution < 1.29 is 9.21 Å². The minimum atomic E-state index is -0.0967. The molecule has 0 saturated carbocycles. The number of hydrogen-bond donors (Lipinski definition) is 1. The molecule has 7 heteroatoms. The van der Waals surface area contributed by atoms with Gasteiger partial charge in [-0.2, -0.15) is 11.3 Å². The van der Waals surface area contributed by atoms with Crippen LogP contribution in [0.4, 0.5) is 5.13 Å². The quantitative estimate of drug-likeness (QED) is 0.802. The van der Waals surface area contributed by atoms with Gasteiger partial charge in [0.05, 0.1) is 12.7 Å². The van der Waals surface area contributed by atoms with E-state index < -0.39 is 0 Å². The van der Waals surface area contributed by atoms with E-state index in [4.69, 9.17) is 4.42 Å². The summed E-state index contributed by atoms with van der Waals surface area (Å²) in [7, 11) is 0. The van der Waals surface area contributed by atoms with Crippen molar-refractivity contribution in [2.45, 2.75) is 6.42 Å². The molecule has 1 amide bonds. The minimum Gasteiger partial charge on any atom is -0.462 e. The molecule has 0 aliphatic carbocycles. The highest BCUT2D eigenvalue weighted by Gasteiger charge is 2.11. The number of thiophene rings is 1. The van der Waals surface area contributed by atoms with Crippen LogP contribution in [0, 0.1) is 0 Å². The Balaban J connectivity index is 1.65. The van der Waals surface area contributed by atoms with Crippen molar-refractivity contribution in [1.82, 2.24) is 10.2 Å². The average molecular weight is 291 g/mol. The van der Waals surface area contributed by atoms with Gasteiger partial charge in [0.2, 0.25) is 11.0 Å². The Kier molecular flexibility index (Phi) is 3.39. The fraction of sp³-hybridized carbons (Fsp3) is 0.0833. The Labute approximate surface area is 116 Å². The SMILES string of the molecule is O=C(Cc1ccsc1)Nc1nnc(-c2ccco2)s1. The molecular weight excluding hydrogens is 282 g/mol. The molecule has 0 bridgehead atoms. The van der Waals surface area contributed by atoms with Gasteiger partial charge in [-0.05, 0) is 34.5 Å². The Morgan fingerprint density at radius 3 is 3.05 bits per heavy atom. The highest BCUT2D eigenvalue weighted by atomic mass is 32.1. The number of anilines is 1. The van der Waals surface area contributed by atoms with Gasteiger partial charge in [0.25, 0.3) is 0 Å². The molecule has 3 rings (SSSR count). The first kappa shape index (κ1) is 12.1. The van der Waals surface area contributed by atoms with Crippen LogP contribution in [0.15, 0.2) is 39.6 Å². The van der Waals surface area contributed by atoms with Gasteiger partial charge in [-0.3, -0.25) is 4.79 Å². The molecule has 0 aliphatic heterocycles. The van der Waals surface area contributed by atoms with Crippen LogP contribution in [-0.2, 0) is 11.2 Å². The number of hydrogen-bond acceptors (Lipinski definition) is 6. The third kappa shape index (κ3) is 2.88. The Hall–Kier alpha value is -1.99. The van der Waals surface area contributed by atoms with Gasteiger partial charge in [-0.25, -0.2) is 0 Å². The molecule has 0 spiro atoms. The number of carbonyl (C=O) groups is 1. The van der Waals surface area contributed by atoms with E-state index in [2.05, 4.69) is 15.5 Å². The summed E-state index contributed by atoms with van der Waals surface area (Å²) in [5, 5.41) is 15.6. The first-order valence-electron chi connectivity index (χ1n) is 5.49. The van der Waals surface area contributed by atoms with E-state index in [0.29, 0.717) is 22.3 Å². The lowest BCUT2D eigenvalue weighted by Gasteiger charge is -1.98. The molecule has 19 heavy (non-hydrogen) atoms. The summed E-state index contributed by atoms with van der Waals surface area (Å²) in [6.45, 7) is 0. The van der Waals surface area contributed by atoms with Gasteiger partial charge in [-0.15, -0.1) is 10.2 Å². The summed E-state index contributed by atoms with van der Waals surface area (Å²) in [6.07, 6.45) is 1.92. The van der Waals surface area contributed by atoms with Gasteiger partial charge in [0, 0.05) is 0 Å². The van der Waals surface area contributed by atoms with Crippen LogP contribution in [-0.4, -0.2) is 16.1 Å². The maximum Gasteiger partial charge on any atom is 0.230 e. The van der Waals surface area contributed by atoms with Crippen LogP contribution in [0.5, 0.6) is 0 Å². The fourth-order valence-electron chi connectivity index (χ4n) is 1.52. The first-order valence-corrected chi connectivity index (χ1v) is 7.25. The first-order chi connectivity index (χ1) is 9.31.